The van der Waals surface area contributed by atoms with Gasteiger partial charge in [0, 0.05) is 26.2 Å². The van der Waals surface area contributed by atoms with Crippen molar-refractivity contribution in [2.45, 2.75) is 19.5 Å². The van der Waals surface area contributed by atoms with Gasteiger partial charge in [0.1, 0.15) is 11.6 Å². The largest absolute Gasteiger partial charge is 0.379 e. The molecular weight excluding hydrogens is 374 g/mol. The van der Waals surface area contributed by atoms with E-state index in [1.54, 1.807) is 24.3 Å². The van der Waals surface area contributed by atoms with Crippen LogP contribution in [-0.2, 0) is 11.3 Å². The van der Waals surface area contributed by atoms with Gasteiger partial charge in [-0.25, -0.2) is 13.8 Å². The Morgan fingerprint density at radius 3 is 2.52 bits per heavy atom. The van der Waals surface area contributed by atoms with Gasteiger partial charge >= 0.3 is 0 Å². The molecule has 0 aromatic heterocycles. The van der Waals surface area contributed by atoms with Crippen LogP contribution in [0.1, 0.15) is 24.1 Å². The zero-order valence-corrected chi connectivity index (χ0v) is 16.7. The van der Waals surface area contributed by atoms with Crippen LogP contribution in [0.25, 0.3) is 0 Å². The zero-order valence-electron chi connectivity index (χ0n) is 16.7. The van der Waals surface area contributed by atoms with Crippen molar-refractivity contribution in [3.63, 3.8) is 0 Å². The van der Waals surface area contributed by atoms with Crippen LogP contribution in [-0.4, -0.2) is 50.3 Å². The summed E-state index contributed by atoms with van der Waals surface area (Å²) in [6.45, 7) is 6.68. The maximum Gasteiger partial charge on any atom is 0.191 e. The smallest absolute Gasteiger partial charge is 0.191 e. The van der Waals surface area contributed by atoms with Crippen molar-refractivity contribution in [3.05, 3.63) is 71.3 Å². The third-order valence-electron chi connectivity index (χ3n) is 4.86. The van der Waals surface area contributed by atoms with Gasteiger partial charge < -0.3 is 15.4 Å². The average molecular weight is 402 g/mol. The maximum absolute atomic E-state index is 13.8. The number of nitrogens with zero attached hydrogens (tertiary/aromatic N) is 2. The molecule has 1 aliphatic rings. The molecule has 0 saturated carbocycles. The maximum atomic E-state index is 13.8. The van der Waals surface area contributed by atoms with Crippen molar-refractivity contribution in [1.82, 2.24) is 15.5 Å². The van der Waals surface area contributed by atoms with Gasteiger partial charge in [-0.1, -0.05) is 24.3 Å². The van der Waals surface area contributed by atoms with Crippen molar-refractivity contribution in [1.29, 1.82) is 0 Å². The average Bonchev–Trinajstić information content (AvgIpc) is 2.74. The normalized spacial score (nSPS) is 16.4. The predicted molar refractivity (Wildman–Crippen MR) is 111 cm³/mol. The van der Waals surface area contributed by atoms with E-state index in [9.17, 15) is 8.78 Å². The lowest BCUT2D eigenvalue weighted by Gasteiger charge is -2.35. The fourth-order valence-electron chi connectivity index (χ4n) is 3.36. The Labute approximate surface area is 170 Å². The van der Waals surface area contributed by atoms with E-state index in [0.29, 0.717) is 32.3 Å². The highest BCUT2D eigenvalue weighted by molar-refractivity contribution is 5.79. The quantitative estimate of drug-likeness (QED) is 0.552. The molecule has 7 heteroatoms. The van der Waals surface area contributed by atoms with E-state index < -0.39 is 0 Å². The molecule has 1 fully saturated rings. The van der Waals surface area contributed by atoms with Crippen LogP contribution >= 0.6 is 0 Å². The molecule has 3 rings (SSSR count). The summed E-state index contributed by atoms with van der Waals surface area (Å²) in [5, 5.41) is 6.61. The van der Waals surface area contributed by atoms with Gasteiger partial charge in [0.15, 0.2) is 5.96 Å². The summed E-state index contributed by atoms with van der Waals surface area (Å²) in [5.74, 6) is 0.176. The van der Waals surface area contributed by atoms with Gasteiger partial charge in [-0.2, -0.15) is 0 Å². The van der Waals surface area contributed by atoms with Gasteiger partial charge in [0.05, 0.1) is 25.8 Å². The van der Waals surface area contributed by atoms with E-state index in [1.807, 2.05) is 13.0 Å². The molecule has 0 bridgehead atoms. The number of ether oxygens (including phenoxy) is 1. The first kappa shape index (κ1) is 21.2. The molecule has 1 aliphatic heterocycles. The van der Waals surface area contributed by atoms with Gasteiger partial charge in [0.25, 0.3) is 0 Å². The standard InChI is InChI=1S/C22H28F2N4O/c1-2-25-22(26-15-17-6-8-19(23)9-7-17)27-16-21(28-10-12-29-13-11-28)18-4-3-5-20(24)14-18/h3-9,14,21H,2,10-13,15-16H2,1H3,(H2,25,26,27). The fraction of sp³-hybridized carbons (Fsp3) is 0.409. The Morgan fingerprint density at radius 2 is 1.83 bits per heavy atom. The predicted octanol–water partition coefficient (Wildman–Crippen LogP) is 3.09. The number of rotatable bonds is 7. The molecule has 29 heavy (non-hydrogen) atoms. The second kappa shape index (κ2) is 10.9. The van der Waals surface area contributed by atoms with Crippen LogP contribution in [0.5, 0.6) is 0 Å². The summed E-state index contributed by atoms with van der Waals surface area (Å²) in [7, 11) is 0. The number of halogens is 2. The molecule has 1 heterocycles. The molecule has 2 N–H and O–H groups in total. The molecular formula is C22H28F2N4O. The summed E-state index contributed by atoms with van der Waals surface area (Å²) >= 11 is 0. The molecule has 1 unspecified atom stereocenters. The summed E-state index contributed by atoms with van der Waals surface area (Å²) in [6, 6.07) is 13.1. The first-order valence-corrected chi connectivity index (χ1v) is 9.99. The number of morpholine rings is 1. The minimum Gasteiger partial charge on any atom is -0.379 e. The van der Waals surface area contributed by atoms with E-state index in [4.69, 9.17) is 4.74 Å². The van der Waals surface area contributed by atoms with Crippen LogP contribution in [0, 0.1) is 11.6 Å². The molecule has 1 saturated heterocycles. The molecule has 156 valence electrons. The second-order valence-electron chi connectivity index (χ2n) is 6.92. The van der Waals surface area contributed by atoms with E-state index in [-0.39, 0.29) is 17.7 Å². The van der Waals surface area contributed by atoms with Crippen LogP contribution in [0.15, 0.2) is 53.5 Å². The van der Waals surface area contributed by atoms with Crippen LogP contribution in [0.2, 0.25) is 0 Å². The SMILES string of the molecule is CCNC(=NCc1ccc(F)cc1)NCC(c1cccc(F)c1)N1CCOCC1. The second-order valence-corrected chi connectivity index (χ2v) is 6.92. The molecule has 0 aliphatic carbocycles. The van der Waals surface area contributed by atoms with Gasteiger partial charge in [-0.15, -0.1) is 0 Å². The van der Waals surface area contributed by atoms with Crippen molar-refractivity contribution in [2.24, 2.45) is 4.99 Å². The fourth-order valence-corrected chi connectivity index (χ4v) is 3.36. The summed E-state index contributed by atoms with van der Waals surface area (Å²) < 4.78 is 32.4. The highest BCUT2D eigenvalue weighted by Gasteiger charge is 2.23. The molecule has 0 spiro atoms. The Hall–Kier alpha value is -2.51. The minimum absolute atomic E-state index is 0.00396. The monoisotopic (exact) mass is 402 g/mol. The van der Waals surface area contributed by atoms with E-state index >= 15 is 0 Å². The molecule has 1 atom stereocenters. The summed E-state index contributed by atoms with van der Waals surface area (Å²) in [4.78, 5) is 6.90. The number of nitrogens with one attached hydrogen (secondary N) is 2. The van der Waals surface area contributed by atoms with Crippen molar-refractivity contribution < 1.29 is 13.5 Å². The number of hydrogen-bond donors (Lipinski definition) is 2. The van der Waals surface area contributed by atoms with Crippen LogP contribution in [0.4, 0.5) is 8.78 Å². The molecule has 0 amide bonds. The zero-order chi connectivity index (χ0) is 20.5. The summed E-state index contributed by atoms with van der Waals surface area (Å²) in [5.41, 5.74) is 1.85. The van der Waals surface area contributed by atoms with Crippen molar-refractivity contribution in [3.8, 4) is 0 Å². The molecule has 2 aromatic carbocycles. The number of aliphatic imine (C=N–C) groups is 1. The number of benzene rings is 2. The number of hydrogen-bond acceptors (Lipinski definition) is 3. The highest BCUT2D eigenvalue weighted by atomic mass is 19.1. The lowest BCUT2D eigenvalue weighted by molar-refractivity contribution is 0.0169. The summed E-state index contributed by atoms with van der Waals surface area (Å²) in [6.07, 6.45) is 0. The van der Waals surface area contributed by atoms with E-state index in [2.05, 4.69) is 20.5 Å². The molecule has 5 nitrogen and oxygen atoms in total. The Kier molecular flexibility index (Phi) is 7.95. The first-order valence-electron chi connectivity index (χ1n) is 9.99. The third kappa shape index (κ3) is 6.51. The van der Waals surface area contributed by atoms with Crippen LogP contribution < -0.4 is 10.6 Å². The number of guanidine groups is 1. The minimum atomic E-state index is -0.258. The van der Waals surface area contributed by atoms with Gasteiger partial charge in [0.2, 0.25) is 0 Å². The lowest BCUT2D eigenvalue weighted by atomic mass is 10.0. The van der Waals surface area contributed by atoms with Gasteiger partial charge in [-0.3, -0.25) is 4.90 Å². The Morgan fingerprint density at radius 1 is 1.07 bits per heavy atom. The Balaban J connectivity index is 1.70. The molecule has 2 aromatic rings. The lowest BCUT2D eigenvalue weighted by Crippen LogP contribution is -2.46. The van der Waals surface area contributed by atoms with E-state index in [0.717, 1.165) is 30.8 Å². The van der Waals surface area contributed by atoms with Crippen molar-refractivity contribution in [2.75, 3.05) is 39.4 Å². The third-order valence-corrected chi connectivity index (χ3v) is 4.86. The first-order chi connectivity index (χ1) is 14.2. The molecule has 0 radical (unpaired) electrons. The van der Waals surface area contributed by atoms with Crippen LogP contribution in [0.3, 0.4) is 0 Å². The van der Waals surface area contributed by atoms with Crippen molar-refractivity contribution >= 4 is 5.96 Å². The highest BCUT2D eigenvalue weighted by Crippen LogP contribution is 2.22. The van der Waals surface area contributed by atoms with Gasteiger partial charge in [-0.05, 0) is 42.3 Å². The topological polar surface area (TPSA) is 48.9 Å². The Bertz CT molecular complexity index is 792. The van der Waals surface area contributed by atoms with E-state index in [1.165, 1.54) is 18.2 Å².